The number of nitrogens with zero attached hydrogens (tertiary/aromatic N) is 1. The van der Waals surface area contributed by atoms with Gasteiger partial charge < -0.3 is 19.1 Å². The predicted octanol–water partition coefficient (Wildman–Crippen LogP) is 16.5. The molecule has 4 aliphatic rings. The molecule has 4 heteroatoms. The smallest absolute Gasteiger partial charge is 0.0934 e. The van der Waals surface area contributed by atoms with E-state index in [1.165, 1.54) is 173 Å². The maximum atomic E-state index is 6.61. The largest absolute Gasteiger partial charge is 0.379 e. The van der Waals surface area contributed by atoms with E-state index >= 15 is 0 Å². The minimum atomic E-state index is 0.173. The van der Waals surface area contributed by atoms with Gasteiger partial charge in [-0.1, -0.05) is 161 Å². The fourth-order valence-electron chi connectivity index (χ4n) is 13.2. The van der Waals surface area contributed by atoms with Gasteiger partial charge in [-0.15, -0.1) is 0 Å². The van der Waals surface area contributed by atoms with E-state index < -0.39 is 0 Å². The highest BCUT2D eigenvalue weighted by molar-refractivity contribution is 5.25. The van der Waals surface area contributed by atoms with E-state index in [9.17, 15) is 0 Å². The van der Waals surface area contributed by atoms with Crippen molar-refractivity contribution in [1.82, 2.24) is 4.90 Å². The molecule has 0 amide bonds. The third-order valence-electron chi connectivity index (χ3n) is 16.9. The number of fused-ring (bicyclic) bond motifs is 5. The van der Waals surface area contributed by atoms with Crippen LogP contribution in [-0.2, 0) is 14.2 Å². The summed E-state index contributed by atoms with van der Waals surface area (Å²) in [6.45, 7) is 19.4. The van der Waals surface area contributed by atoms with Crippen molar-refractivity contribution in [3.63, 3.8) is 0 Å². The first-order chi connectivity index (χ1) is 30.1. The van der Waals surface area contributed by atoms with Crippen LogP contribution >= 0.6 is 0 Å². The van der Waals surface area contributed by atoms with Crippen molar-refractivity contribution in [2.45, 2.75) is 240 Å². The third-order valence-corrected chi connectivity index (χ3v) is 16.9. The zero-order valence-electron chi connectivity index (χ0n) is 42.7. The van der Waals surface area contributed by atoms with Gasteiger partial charge in [-0.25, -0.2) is 0 Å². The summed E-state index contributed by atoms with van der Waals surface area (Å²) < 4.78 is 19.0. The first-order valence-corrected chi connectivity index (χ1v) is 27.5. The lowest BCUT2D eigenvalue weighted by molar-refractivity contribution is -0.0641. The Hall–Kier alpha value is -0.940. The molecule has 0 aromatic carbocycles. The van der Waals surface area contributed by atoms with Gasteiger partial charge in [0.2, 0.25) is 0 Å². The standard InChI is InChI=1S/C58H105NO3/c1-9-10-11-12-13-14-15-16-17-18-19-20-21-22-25-28-42-60-47-52(46-59(7)8)62-44-30-27-24-23-26-29-43-61-51-38-40-57(5)50(45-51)34-35-53-55-37-36-54(49(4)33-31-32-48(2)3)58(55,6)41-39-56(53)57/h13-14,16-17,34,48-49,51-56H,9-12,15,18-33,35-47H2,1-8H3/b14-13-,17-16-/t49-,51+,52?,53+,54?,55+,56+,57+,58-/m1/s1. The summed E-state index contributed by atoms with van der Waals surface area (Å²) in [5, 5.41) is 0. The first-order valence-electron chi connectivity index (χ1n) is 27.5. The summed E-state index contributed by atoms with van der Waals surface area (Å²) in [6, 6.07) is 0. The predicted molar refractivity (Wildman–Crippen MR) is 269 cm³/mol. The van der Waals surface area contributed by atoms with Crippen LogP contribution in [0.1, 0.15) is 228 Å². The maximum absolute atomic E-state index is 6.61. The topological polar surface area (TPSA) is 30.9 Å². The molecule has 360 valence electrons. The SMILES string of the molecule is CCCCC/C=C\C/C=C\CCCCCCCCOCC(CN(C)C)OCCCCCCCCO[C@H]1CC[C@@]2(C)C(=CC[C@@H]3[C@@H]2CC[C@]2(C)C([C@H](C)CCCC(C)C)CC[C@@H]32)C1. The van der Waals surface area contributed by atoms with Crippen molar-refractivity contribution in [2.24, 2.45) is 46.3 Å². The van der Waals surface area contributed by atoms with Crippen molar-refractivity contribution in [1.29, 1.82) is 0 Å². The Balaban J connectivity index is 0.980. The third kappa shape index (κ3) is 18.4. The van der Waals surface area contributed by atoms with Crippen molar-refractivity contribution >= 4 is 0 Å². The molecule has 0 saturated heterocycles. The number of hydrogen-bond acceptors (Lipinski definition) is 4. The molecular weight excluding hydrogens is 759 g/mol. The zero-order valence-corrected chi connectivity index (χ0v) is 42.7. The second kappa shape index (κ2) is 30.4. The number of unbranched alkanes of at least 4 members (excludes halogenated alkanes) is 14. The average Bonchev–Trinajstić information content (AvgIpc) is 3.60. The van der Waals surface area contributed by atoms with Crippen molar-refractivity contribution in [3.8, 4) is 0 Å². The molecule has 4 nitrogen and oxygen atoms in total. The van der Waals surface area contributed by atoms with Gasteiger partial charge in [0.15, 0.2) is 0 Å². The Morgan fingerprint density at radius 2 is 1.35 bits per heavy atom. The number of hydrogen-bond donors (Lipinski definition) is 0. The van der Waals surface area contributed by atoms with Crippen LogP contribution in [0, 0.1) is 46.3 Å². The summed E-state index contributed by atoms with van der Waals surface area (Å²) in [4.78, 5) is 2.23. The molecule has 0 heterocycles. The molecular formula is C58H105NO3. The van der Waals surface area contributed by atoms with Gasteiger partial charge in [-0.2, -0.15) is 0 Å². The van der Waals surface area contributed by atoms with Gasteiger partial charge in [0.1, 0.15) is 0 Å². The van der Waals surface area contributed by atoms with E-state index in [0.717, 1.165) is 81.3 Å². The Morgan fingerprint density at radius 1 is 0.694 bits per heavy atom. The molecule has 4 aliphatic carbocycles. The summed E-state index contributed by atoms with van der Waals surface area (Å²) in [7, 11) is 4.28. The summed E-state index contributed by atoms with van der Waals surface area (Å²) in [5.74, 6) is 5.49. The van der Waals surface area contributed by atoms with E-state index in [-0.39, 0.29) is 6.10 Å². The van der Waals surface area contributed by atoms with Crippen LogP contribution in [0.5, 0.6) is 0 Å². The summed E-state index contributed by atoms with van der Waals surface area (Å²) in [6.07, 6.45) is 51.1. The van der Waals surface area contributed by atoms with Crippen LogP contribution in [0.15, 0.2) is 36.0 Å². The van der Waals surface area contributed by atoms with E-state index in [1.807, 2.05) is 0 Å². The van der Waals surface area contributed by atoms with Gasteiger partial charge in [-0.05, 0) is 163 Å². The molecule has 0 aromatic heterocycles. The molecule has 3 saturated carbocycles. The van der Waals surface area contributed by atoms with Gasteiger partial charge in [0, 0.05) is 26.4 Å². The van der Waals surface area contributed by atoms with Gasteiger partial charge in [-0.3, -0.25) is 0 Å². The molecule has 0 aromatic rings. The molecule has 0 radical (unpaired) electrons. The van der Waals surface area contributed by atoms with Gasteiger partial charge in [0.25, 0.3) is 0 Å². The monoisotopic (exact) mass is 864 g/mol. The van der Waals surface area contributed by atoms with E-state index in [1.54, 1.807) is 5.57 Å². The molecule has 2 unspecified atom stereocenters. The quantitative estimate of drug-likeness (QED) is 0.0469. The lowest BCUT2D eigenvalue weighted by atomic mass is 9.47. The molecule has 3 fully saturated rings. The van der Waals surface area contributed by atoms with Crippen molar-refractivity contribution in [2.75, 3.05) is 47.1 Å². The van der Waals surface area contributed by atoms with Crippen molar-refractivity contribution in [3.05, 3.63) is 36.0 Å². The average molecular weight is 864 g/mol. The highest BCUT2D eigenvalue weighted by Gasteiger charge is 2.59. The lowest BCUT2D eigenvalue weighted by Crippen LogP contribution is -2.51. The van der Waals surface area contributed by atoms with Crippen molar-refractivity contribution < 1.29 is 14.2 Å². The number of rotatable bonds is 35. The molecule has 4 rings (SSSR count). The zero-order chi connectivity index (χ0) is 44.5. The Labute approximate surface area is 387 Å². The number of allylic oxidation sites excluding steroid dienone is 5. The second-order valence-electron chi connectivity index (χ2n) is 22.6. The summed E-state index contributed by atoms with van der Waals surface area (Å²) in [5.41, 5.74) is 2.79. The summed E-state index contributed by atoms with van der Waals surface area (Å²) >= 11 is 0. The lowest BCUT2D eigenvalue weighted by Gasteiger charge is -2.58. The minimum absolute atomic E-state index is 0.173. The Morgan fingerprint density at radius 3 is 2.05 bits per heavy atom. The normalized spacial score (nSPS) is 28.5. The molecule has 0 bridgehead atoms. The van der Waals surface area contributed by atoms with Gasteiger partial charge >= 0.3 is 0 Å². The van der Waals surface area contributed by atoms with Gasteiger partial charge in [0.05, 0.1) is 18.8 Å². The van der Waals surface area contributed by atoms with Crippen LogP contribution in [0.4, 0.5) is 0 Å². The molecule has 0 N–H and O–H groups in total. The molecule has 9 atom stereocenters. The second-order valence-corrected chi connectivity index (χ2v) is 22.6. The van der Waals surface area contributed by atoms with Crippen LogP contribution in [0.2, 0.25) is 0 Å². The fourth-order valence-corrected chi connectivity index (χ4v) is 13.2. The highest BCUT2D eigenvalue weighted by atomic mass is 16.5. The minimum Gasteiger partial charge on any atom is -0.379 e. The Bertz CT molecular complexity index is 1240. The first kappa shape index (κ1) is 53.7. The van der Waals surface area contributed by atoms with E-state index in [4.69, 9.17) is 14.2 Å². The molecule has 0 spiro atoms. The molecule has 62 heavy (non-hydrogen) atoms. The van der Waals surface area contributed by atoms with Crippen LogP contribution in [-0.4, -0.2) is 64.2 Å². The number of likely N-dealkylation sites (N-methyl/N-ethyl adjacent to an activating group) is 1. The van der Waals surface area contributed by atoms with E-state index in [2.05, 4.69) is 90.9 Å². The van der Waals surface area contributed by atoms with Crippen LogP contribution < -0.4 is 0 Å². The Kier molecular flexibility index (Phi) is 26.3. The van der Waals surface area contributed by atoms with E-state index in [0.29, 0.717) is 16.9 Å². The maximum Gasteiger partial charge on any atom is 0.0934 e. The highest BCUT2D eigenvalue weighted by Crippen LogP contribution is 2.67. The number of ether oxygens (including phenoxy) is 3. The fraction of sp³-hybridized carbons (Fsp3) is 0.897. The van der Waals surface area contributed by atoms with Crippen LogP contribution in [0.3, 0.4) is 0 Å². The molecule has 0 aliphatic heterocycles. The van der Waals surface area contributed by atoms with Crippen LogP contribution in [0.25, 0.3) is 0 Å².